The van der Waals surface area contributed by atoms with Gasteiger partial charge in [-0.05, 0) is 19.1 Å². The van der Waals surface area contributed by atoms with E-state index in [1.54, 1.807) is 0 Å². The molecule has 1 saturated heterocycles. The van der Waals surface area contributed by atoms with Gasteiger partial charge >= 0.3 is 5.97 Å². The molecule has 1 N–H and O–H groups in total. The first-order valence-corrected chi connectivity index (χ1v) is 7.83. The van der Waals surface area contributed by atoms with Crippen LogP contribution in [-0.2, 0) is 14.3 Å². The number of anilines is 1. The molecule has 0 radical (unpaired) electrons. The molecule has 1 aliphatic heterocycles. The Bertz CT molecular complexity index is 686. The molecule has 10 heteroatoms. The summed E-state index contributed by atoms with van der Waals surface area (Å²) in [5.74, 6) is -5.82. The Kier molecular flexibility index (Phi) is 5.71. The monoisotopic (exact) mass is 362 g/mol. The summed E-state index contributed by atoms with van der Waals surface area (Å²) in [5, 5.41) is 1.75. The van der Waals surface area contributed by atoms with E-state index in [0.717, 1.165) is 17.8 Å². The fourth-order valence-electron chi connectivity index (χ4n) is 1.87. The number of ether oxygens (including phenoxy) is 1. The highest BCUT2D eigenvalue weighted by Gasteiger charge is 2.26. The van der Waals surface area contributed by atoms with Crippen LogP contribution in [0.4, 0.5) is 23.7 Å². The molecule has 0 spiro atoms. The van der Waals surface area contributed by atoms with Gasteiger partial charge in [-0.15, -0.1) is 0 Å². The molecule has 1 atom stereocenters. The van der Waals surface area contributed by atoms with E-state index in [2.05, 4.69) is 0 Å². The third kappa shape index (κ3) is 4.19. The van der Waals surface area contributed by atoms with Gasteiger partial charge in [-0.3, -0.25) is 14.4 Å². The van der Waals surface area contributed by atoms with Crippen LogP contribution < -0.4 is 5.32 Å². The highest BCUT2D eigenvalue weighted by Crippen LogP contribution is 2.20. The average Bonchev–Trinajstić information content (AvgIpc) is 2.92. The zero-order valence-electron chi connectivity index (χ0n) is 12.5. The van der Waals surface area contributed by atoms with Crippen molar-refractivity contribution in [1.29, 1.82) is 0 Å². The first kappa shape index (κ1) is 18.1. The minimum atomic E-state index is -1.72. The van der Waals surface area contributed by atoms with Crippen LogP contribution in [0.1, 0.15) is 6.92 Å². The summed E-state index contributed by atoms with van der Waals surface area (Å²) >= 11 is 1.07. The lowest BCUT2D eigenvalue weighted by Crippen LogP contribution is -2.36. The standard InChI is InChI=1S/C14H13F3N2O4S/c1-7(23-10(20)6-19-4-5-24-14(19)22)13(21)18-9-3-2-8(15)11(16)12(9)17/h2-3,7H,4-6H2,1H3,(H,18,21)/t7-/m1/s1. The van der Waals surface area contributed by atoms with Crippen LogP contribution in [-0.4, -0.2) is 47.0 Å². The lowest BCUT2D eigenvalue weighted by atomic mass is 10.2. The molecule has 1 aromatic carbocycles. The van der Waals surface area contributed by atoms with Gasteiger partial charge in [-0.1, -0.05) is 11.8 Å². The van der Waals surface area contributed by atoms with Crippen LogP contribution in [0.15, 0.2) is 12.1 Å². The second kappa shape index (κ2) is 7.56. The van der Waals surface area contributed by atoms with Crippen LogP contribution in [0.25, 0.3) is 0 Å². The van der Waals surface area contributed by atoms with Crippen molar-refractivity contribution in [2.24, 2.45) is 0 Å². The van der Waals surface area contributed by atoms with Crippen LogP contribution in [0.5, 0.6) is 0 Å². The summed E-state index contributed by atoms with van der Waals surface area (Å²) in [6.45, 7) is 1.33. The molecule has 1 aromatic rings. The molecule has 2 amide bonds. The fraction of sp³-hybridized carbons (Fsp3) is 0.357. The Morgan fingerprint density at radius 3 is 2.67 bits per heavy atom. The molecule has 2 rings (SSSR count). The molecular weight excluding hydrogens is 349 g/mol. The van der Waals surface area contributed by atoms with E-state index in [-0.39, 0.29) is 11.8 Å². The van der Waals surface area contributed by atoms with Crippen LogP contribution in [0, 0.1) is 17.5 Å². The Morgan fingerprint density at radius 2 is 2.04 bits per heavy atom. The number of rotatable bonds is 5. The molecule has 0 bridgehead atoms. The molecule has 0 saturated carbocycles. The maximum absolute atomic E-state index is 13.5. The molecule has 1 fully saturated rings. The summed E-state index contributed by atoms with van der Waals surface area (Å²) < 4.78 is 44.2. The van der Waals surface area contributed by atoms with Gasteiger partial charge in [-0.25, -0.2) is 13.2 Å². The van der Waals surface area contributed by atoms with Gasteiger partial charge in [0.2, 0.25) is 0 Å². The maximum atomic E-state index is 13.5. The fourth-order valence-corrected chi connectivity index (χ4v) is 2.69. The number of halogens is 3. The molecule has 1 heterocycles. The SMILES string of the molecule is C[C@@H](OC(=O)CN1CCSC1=O)C(=O)Nc1ccc(F)c(F)c1F. The smallest absolute Gasteiger partial charge is 0.326 e. The van der Waals surface area contributed by atoms with Gasteiger partial charge in [0, 0.05) is 12.3 Å². The number of thioether (sulfide) groups is 1. The van der Waals surface area contributed by atoms with Gasteiger partial charge in [0.05, 0.1) is 5.69 Å². The van der Waals surface area contributed by atoms with Crippen molar-refractivity contribution < 1.29 is 32.3 Å². The van der Waals surface area contributed by atoms with E-state index in [1.165, 1.54) is 11.8 Å². The number of esters is 1. The lowest BCUT2D eigenvalue weighted by Gasteiger charge is -2.17. The third-order valence-electron chi connectivity index (χ3n) is 3.14. The Labute approximate surface area is 139 Å². The van der Waals surface area contributed by atoms with E-state index in [9.17, 15) is 27.6 Å². The average molecular weight is 362 g/mol. The van der Waals surface area contributed by atoms with Gasteiger partial charge < -0.3 is 15.0 Å². The van der Waals surface area contributed by atoms with Gasteiger partial charge in [-0.2, -0.15) is 0 Å². The van der Waals surface area contributed by atoms with E-state index in [4.69, 9.17) is 4.74 Å². The number of amides is 2. The first-order valence-electron chi connectivity index (χ1n) is 6.85. The highest BCUT2D eigenvalue weighted by molar-refractivity contribution is 8.13. The minimum absolute atomic E-state index is 0.257. The topological polar surface area (TPSA) is 75.7 Å². The molecule has 24 heavy (non-hydrogen) atoms. The maximum Gasteiger partial charge on any atom is 0.326 e. The predicted octanol–water partition coefficient (Wildman–Crippen LogP) is 2.14. The molecule has 6 nitrogen and oxygen atoms in total. The van der Waals surface area contributed by atoms with Crippen molar-refractivity contribution in [3.05, 3.63) is 29.6 Å². The second-order valence-corrected chi connectivity index (χ2v) is 5.93. The number of carbonyl (C=O) groups is 3. The van der Waals surface area contributed by atoms with Crippen LogP contribution in [0.3, 0.4) is 0 Å². The van der Waals surface area contributed by atoms with Crippen LogP contribution in [0.2, 0.25) is 0 Å². The van der Waals surface area contributed by atoms with Gasteiger partial charge in [0.25, 0.3) is 11.1 Å². The molecular formula is C14H13F3N2O4S. The molecule has 1 aliphatic rings. The predicted molar refractivity (Wildman–Crippen MR) is 79.9 cm³/mol. The Balaban J connectivity index is 1.91. The summed E-state index contributed by atoms with van der Waals surface area (Å²) in [5.41, 5.74) is -0.576. The van der Waals surface area contributed by atoms with Crippen molar-refractivity contribution in [2.45, 2.75) is 13.0 Å². The number of carbonyl (C=O) groups excluding carboxylic acids is 3. The van der Waals surface area contributed by atoms with Gasteiger partial charge in [0.15, 0.2) is 23.6 Å². The normalized spacial score (nSPS) is 15.3. The molecule has 0 aliphatic carbocycles. The first-order chi connectivity index (χ1) is 11.3. The molecule has 130 valence electrons. The van der Waals surface area contributed by atoms with E-state index < -0.39 is 41.1 Å². The molecule has 0 unspecified atom stereocenters. The van der Waals surface area contributed by atoms with Crippen LogP contribution >= 0.6 is 11.8 Å². The van der Waals surface area contributed by atoms with Crippen molar-refractivity contribution in [2.75, 3.05) is 24.2 Å². The number of hydrogen-bond acceptors (Lipinski definition) is 5. The third-order valence-corrected chi connectivity index (χ3v) is 4.03. The van der Waals surface area contributed by atoms with Crippen molar-refractivity contribution in [3.8, 4) is 0 Å². The van der Waals surface area contributed by atoms with Crippen molar-refractivity contribution in [1.82, 2.24) is 4.90 Å². The summed E-state index contributed by atoms with van der Waals surface area (Å²) in [6.07, 6.45) is -1.31. The Morgan fingerprint density at radius 1 is 1.33 bits per heavy atom. The summed E-state index contributed by atoms with van der Waals surface area (Å²) in [4.78, 5) is 36.2. The minimum Gasteiger partial charge on any atom is -0.451 e. The number of benzene rings is 1. The van der Waals surface area contributed by atoms with E-state index in [1.807, 2.05) is 5.32 Å². The molecule has 0 aromatic heterocycles. The lowest BCUT2D eigenvalue weighted by molar-refractivity contribution is -0.153. The number of nitrogens with one attached hydrogen (secondary N) is 1. The Hall–Kier alpha value is -2.23. The quantitative estimate of drug-likeness (QED) is 0.642. The number of nitrogens with zero attached hydrogens (tertiary/aromatic N) is 1. The second-order valence-electron chi connectivity index (χ2n) is 4.88. The highest BCUT2D eigenvalue weighted by atomic mass is 32.2. The largest absolute Gasteiger partial charge is 0.451 e. The van der Waals surface area contributed by atoms with E-state index in [0.29, 0.717) is 18.4 Å². The number of hydrogen-bond donors (Lipinski definition) is 1. The van der Waals surface area contributed by atoms with Crippen molar-refractivity contribution >= 4 is 34.6 Å². The van der Waals surface area contributed by atoms with Crippen molar-refractivity contribution in [3.63, 3.8) is 0 Å². The summed E-state index contributed by atoms with van der Waals surface area (Å²) in [7, 11) is 0. The van der Waals surface area contributed by atoms with E-state index >= 15 is 0 Å². The van der Waals surface area contributed by atoms with Gasteiger partial charge in [0.1, 0.15) is 6.54 Å². The zero-order chi connectivity index (χ0) is 17.9. The summed E-state index contributed by atoms with van der Waals surface area (Å²) in [6, 6.07) is 1.50. The zero-order valence-corrected chi connectivity index (χ0v) is 13.3.